The molecule has 4 nitrogen and oxygen atoms in total. The van der Waals surface area contributed by atoms with Crippen LogP contribution in [0, 0.1) is 6.92 Å². The number of aryl methyl sites for hydroxylation is 1. The van der Waals surface area contributed by atoms with Gasteiger partial charge in [-0.3, -0.25) is 4.79 Å². The molecule has 1 aliphatic rings. The van der Waals surface area contributed by atoms with E-state index in [2.05, 4.69) is 0 Å². The maximum absolute atomic E-state index is 12.2. The largest absolute Gasteiger partial charge is 0.484 e. The third kappa shape index (κ3) is 4.74. The Morgan fingerprint density at radius 2 is 1.95 bits per heavy atom. The summed E-state index contributed by atoms with van der Waals surface area (Å²) in [6, 6.07) is 7.75. The van der Waals surface area contributed by atoms with Crippen LogP contribution in [-0.4, -0.2) is 42.7 Å². The van der Waals surface area contributed by atoms with Crippen LogP contribution < -0.4 is 4.74 Å². The van der Waals surface area contributed by atoms with Gasteiger partial charge in [-0.1, -0.05) is 18.2 Å². The summed E-state index contributed by atoms with van der Waals surface area (Å²) in [7, 11) is 0. The number of rotatable bonds is 5. The van der Waals surface area contributed by atoms with Gasteiger partial charge in [0.2, 0.25) is 0 Å². The number of nitrogens with zero attached hydrogens (tertiary/aromatic N) is 1. The van der Waals surface area contributed by atoms with Crippen LogP contribution in [0.2, 0.25) is 0 Å². The van der Waals surface area contributed by atoms with Crippen molar-refractivity contribution in [1.29, 1.82) is 0 Å². The lowest BCUT2D eigenvalue weighted by Crippen LogP contribution is -2.43. The van der Waals surface area contributed by atoms with E-state index in [1.54, 1.807) is 0 Å². The molecule has 116 valence electrons. The van der Waals surface area contributed by atoms with E-state index in [9.17, 15) is 4.79 Å². The van der Waals surface area contributed by atoms with Crippen LogP contribution in [0.15, 0.2) is 24.3 Å². The quantitative estimate of drug-likeness (QED) is 0.837. The molecule has 1 aromatic rings. The monoisotopic (exact) mass is 291 g/mol. The van der Waals surface area contributed by atoms with Crippen LogP contribution in [0.5, 0.6) is 5.75 Å². The number of piperidine rings is 1. The van der Waals surface area contributed by atoms with Crippen molar-refractivity contribution in [2.45, 2.75) is 45.8 Å². The second-order valence-electron chi connectivity index (χ2n) is 5.82. The summed E-state index contributed by atoms with van der Waals surface area (Å²) < 4.78 is 11.4. The van der Waals surface area contributed by atoms with Crippen molar-refractivity contribution in [3.8, 4) is 5.75 Å². The first-order chi connectivity index (χ1) is 10.1. The van der Waals surface area contributed by atoms with Crippen LogP contribution in [0.1, 0.15) is 32.3 Å². The Balaban J connectivity index is 1.76. The van der Waals surface area contributed by atoms with Gasteiger partial charge in [0, 0.05) is 13.1 Å². The van der Waals surface area contributed by atoms with E-state index < -0.39 is 0 Å². The van der Waals surface area contributed by atoms with E-state index in [4.69, 9.17) is 9.47 Å². The van der Waals surface area contributed by atoms with Gasteiger partial charge in [0.25, 0.3) is 5.91 Å². The van der Waals surface area contributed by atoms with Gasteiger partial charge >= 0.3 is 0 Å². The molecule has 0 radical (unpaired) electrons. The Morgan fingerprint density at radius 3 is 2.57 bits per heavy atom. The standard InChI is InChI=1S/C17H25NO3/c1-13(2)21-15-8-10-18(11-9-15)17(19)12-20-16-7-5-4-6-14(16)3/h4-7,13,15H,8-12H2,1-3H3. The van der Waals surface area contributed by atoms with E-state index in [0.29, 0.717) is 0 Å². The lowest BCUT2D eigenvalue weighted by molar-refractivity contribution is -0.136. The minimum Gasteiger partial charge on any atom is -0.484 e. The van der Waals surface area contributed by atoms with Gasteiger partial charge in [-0.2, -0.15) is 0 Å². The summed E-state index contributed by atoms with van der Waals surface area (Å²) >= 11 is 0. The number of likely N-dealkylation sites (tertiary alicyclic amines) is 1. The van der Waals surface area contributed by atoms with Crippen molar-refractivity contribution >= 4 is 5.91 Å². The Bertz CT molecular complexity index is 465. The first kappa shape index (κ1) is 15.8. The van der Waals surface area contributed by atoms with E-state index in [0.717, 1.165) is 37.2 Å². The molecule has 0 aliphatic carbocycles. The predicted octanol–water partition coefficient (Wildman–Crippen LogP) is 2.79. The minimum atomic E-state index is 0.0567. The molecular formula is C17H25NO3. The third-order valence-corrected chi connectivity index (χ3v) is 3.70. The Labute approximate surface area is 127 Å². The maximum atomic E-state index is 12.2. The van der Waals surface area contributed by atoms with Gasteiger partial charge in [-0.05, 0) is 45.2 Å². The highest BCUT2D eigenvalue weighted by molar-refractivity contribution is 5.77. The molecule has 21 heavy (non-hydrogen) atoms. The minimum absolute atomic E-state index is 0.0567. The fourth-order valence-electron chi connectivity index (χ4n) is 2.58. The molecule has 1 saturated heterocycles. The number of ether oxygens (including phenoxy) is 2. The average Bonchev–Trinajstić information content (AvgIpc) is 2.46. The second-order valence-corrected chi connectivity index (χ2v) is 5.82. The normalized spacial score (nSPS) is 16.3. The first-order valence-electron chi connectivity index (χ1n) is 7.68. The molecule has 0 bridgehead atoms. The van der Waals surface area contributed by atoms with Crippen LogP contribution in [-0.2, 0) is 9.53 Å². The first-order valence-corrected chi connectivity index (χ1v) is 7.68. The smallest absolute Gasteiger partial charge is 0.260 e. The summed E-state index contributed by atoms with van der Waals surface area (Å²) in [6.45, 7) is 7.71. The van der Waals surface area contributed by atoms with E-state index in [1.807, 2.05) is 49.9 Å². The van der Waals surface area contributed by atoms with E-state index in [1.165, 1.54) is 0 Å². The molecule has 0 atom stereocenters. The van der Waals surface area contributed by atoms with Crippen molar-refractivity contribution in [1.82, 2.24) is 4.90 Å². The molecule has 0 aromatic heterocycles. The zero-order valence-corrected chi connectivity index (χ0v) is 13.2. The highest BCUT2D eigenvalue weighted by Gasteiger charge is 2.24. The molecule has 1 heterocycles. The summed E-state index contributed by atoms with van der Waals surface area (Å²) in [6.07, 6.45) is 2.36. The second kappa shape index (κ2) is 7.46. The van der Waals surface area contributed by atoms with Crippen LogP contribution >= 0.6 is 0 Å². The highest BCUT2D eigenvalue weighted by Crippen LogP contribution is 2.18. The summed E-state index contributed by atoms with van der Waals surface area (Å²) in [5, 5.41) is 0. The highest BCUT2D eigenvalue weighted by atomic mass is 16.5. The summed E-state index contributed by atoms with van der Waals surface area (Å²) in [4.78, 5) is 14.0. The SMILES string of the molecule is Cc1ccccc1OCC(=O)N1CCC(OC(C)C)CC1. The Morgan fingerprint density at radius 1 is 1.29 bits per heavy atom. The zero-order chi connectivity index (χ0) is 15.2. The fraction of sp³-hybridized carbons (Fsp3) is 0.588. The number of carbonyl (C=O) groups is 1. The molecule has 1 aliphatic heterocycles. The molecule has 0 N–H and O–H groups in total. The molecule has 2 rings (SSSR count). The Hall–Kier alpha value is -1.55. The molecule has 4 heteroatoms. The molecule has 0 saturated carbocycles. The summed E-state index contributed by atoms with van der Waals surface area (Å²) in [5.41, 5.74) is 1.05. The van der Waals surface area contributed by atoms with Crippen molar-refractivity contribution in [2.75, 3.05) is 19.7 Å². The molecule has 1 fully saturated rings. The van der Waals surface area contributed by atoms with Gasteiger partial charge in [0.1, 0.15) is 5.75 Å². The number of hydrogen-bond acceptors (Lipinski definition) is 3. The number of carbonyl (C=O) groups excluding carboxylic acids is 1. The van der Waals surface area contributed by atoms with Crippen molar-refractivity contribution < 1.29 is 14.3 Å². The fourth-order valence-corrected chi connectivity index (χ4v) is 2.58. The topological polar surface area (TPSA) is 38.8 Å². The number of amides is 1. The molecule has 0 spiro atoms. The Kier molecular flexibility index (Phi) is 5.62. The van der Waals surface area contributed by atoms with Crippen molar-refractivity contribution in [3.63, 3.8) is 0 Å². The van der Waals surface area contributed by atoms with Crippen molar-refractivity contribution in [3.05, 3.63) is 29.8 Å². The van der Waals surface area contributed by atoms with Crippen LogP contribution in [0.25, 0.3) is 0 Å². The molecule has 0 unspecified atom stereocenters. The number of hydrogen-bond donors (Lipinski definition) is 0. The lowest BCUT2D eigenvalue weighted by atomic mass is 10.1. The lowest BCUT2D eigenvalue weighted by Gasteiger charge is -2.32. The van der Waals surface area contributed by atoms with Crippen LogP contribution in [0.4, 0.5) is 0 Å². The molecule has 1 amide bonds. The number of para-hydroxylation sites is 1. The van der Waals surface area contributed by atoms with E-state index >= 15 is 0 Å². The molecule has 1 aromatic carbocycles. The molecular weight excluding hydrogens is 266 g/mol. The average molecular weight is 291 g/mol. The van der Waals surface area contributed by atoms with Gasteiger partial charge in [-0.25, -0.2) is 0 Å². The van der Waals surface area contributed by atoms with Gasteiger partial charge in [0.05, 0.1) is 12.2 Å². The van der Waals surface area contributed by atoms with Crippen molar-refractivity contribution in [2.24, 2.45) is 0 Å². The van der Waals surface area contributed by atoms with Crippen LogP contribution in [0.3, 0.4) is 0 Å². The summed E-state index contributed by atoms with van der Waals surface area (Å²) in [5.74, 6) is 0.838. The zero-order valence-electron chi connectivity index (χ0n) is 13.2. The van der Waals surface area contributed by atoms with E-state index in [-0.39, 0.29) is 24.7 Å². The number of benzene rings is 1. The third-order valence-electron chi connectivity index (χ3n) is 3.70. The van der Waals surface area contributed by atoms with Gasteiger partial charge in [-0.15, -0.1) is 0 Å². The predicted molar refractivity (Wildman–Crippen MR) is 82.5 cm³/mol. The maximum Gasteiger partial charge on any atom is 0.260 e. The van der Waals surface area contributed by atoms with Gasteiger partial charge < -0.3 is 14.4 Å². The van der Waals surface area contributed by atoms with Gasteiger partial charge in [0.15, 0.2) is 6.61 Å².